The molecule has 2 aromatic heterocycles. The number of hydrogen-bond donors (Lipinski definition) is 2. The molecule has 1 amide bonds. The first kappa shape index (κ1) is 14.6. The number of carbonyl (C=O) groups excluding carboxylic acids is 1. The number of nitrogens with zero attached hydrogens (tertiary/aromatic N) is 2. The molecule has 0 atom stereocenters. The van der Waals surface area contributed by atoms with Gasteiger partial charge in [-0.05, 0) is 13.3 Å². The van der Waals surface area contributed by atoms with E-state index in [0.29, 0.717) is 9.88 Å². The van der Waals surface area contributed by atoms with Crippen LogP contribution in [0.1, 0.15) is 42.8 Å². The first-order valence-electron chi connectivity index (χ1n) is 5.93. The molecule has 0 aliphatic rings. The van der Waals surface area contributed by atoms with E-state index in [1.807, 2.05) is 6.92 Å². The number of amides is 1. The Balaban J connectivity index is 2.00. The molecule has 0 fully saturated rings. The number of thiazole rings is 2. The maximum absolute atomic E-state index is 12.0. The fourth-order valence-corrected chi connectivity index (χ4v) is 3.17. The minimum absolute atomic E-state index is 0.00138. The number of hydrogen-bond acceptors (Lipinski definition) is 6. The monoisotopic (exact) mass is 311 g/mol. The third-order valence-corrected chi connectivity index (χ3v) is 4.67. The largest absolute Gasteiger partial charge is 0.476 e. The molecule has 8 heteroatoms. The lowest BCUT2D eigenvalue weighted by Gasteiger charge is -2.00. The van der Waals surface area contributed by atoms with Crippen molar-refractivity contribution < 1.29 is 14.7 Å². The van der Waals surface area contributed by atoms with Crippen molar-refractivity contribution in [2.24, 2.45) is 0 Å². The first-order valence-corrected chi connectivity index (χ1v) is 7.63. The fraction of sp³-hybridized carbons (Fsp3) is 0.333. The molecule has 0 radical (unpaired) electrons. The van der Waals surface area contributed by atoms with Gasteiger partial charge in [-0.15, -0.1) is 22.7 Å². The molecule has 20 heavy (non-hydrogen) atoms. The number of aromatic carboxylic acids is 1. The lowest BCUT2D eigenvalue weighted by atomic mass is 10.3. The van der Waals surface area contributed by atoms with Crippen molar-refractivity contribution in [1.29, 1.82) is 0 Å². The van der Waals surface area contributed by atoms with Crippen LogP contribution >= 0.6 is 22.7 Å². The minimum Gasteiger partial charge on any atom is -0.476 e. The number of aryl methyl sites for hydroxylation is 2. The molecule has 2 N–H and O–H groups in total. The number of carbonyl (C=O) groups is 2. The molecule has 0 saturated heterocycles. The van der Waals surface area contributed by atoms with Gasteiger partial charge in [-0.3, -0.25) is 4.79 Å². The number of rotatable bonds is 5. The fourth-order valence-electron chi connectivity index (χ4n) is 1.54. The summed E-state index contributed by atoms with van der Waals surface area (Å²) in [4.78, 5) is 31.5. The highest BCUT2D eigenvalue weighted by Gasteiger charge is 2.15. The Morgan fingerprint density at radius 2 is 2.10 bits per heavy atom. The van der Waals surface area contributed by atoms with Crippen molar-refractivity contribution in [3.63, 3.8) is 0 Å². The van der Waals surface area contributed by atoms with Crippen LogP contribution in [0.3, 0.4) is 0 Å². The van der Waals surface area contributed by atoms with Gasteiger partial charge in [0, 0.05) is 5.38 Å². The van der Waals surface area contributed by atoms with Crippen LogP contribution in [0.25, 0.3) is 0 Å². The van der Waals surface area contributed by atoms with E-state index in [4.69, 9.17) is 5.11 Å². The van der Waals surface area contributed by atoms with Crippen molar-refractivity contribution in [3.8, 4) is 0 Å². The van der Waals surface area contributed by atoms with E-state index in [9.17, 15) is 9.59 Å². The summed E-state index contributed by atoms with van der Waals surface area (Å²) < 4.78 is 0. The average molecular weight is 311 g/mol. The summed E-state index contributed by atoms with van der Waals surface area (Å²) in [6.07, 6.45) is 0.799. The van der Waals surface area contributed by atoms with Crippen molar-refractivity contribution in [3.05, 3.63) is 31.7 Å². The summed E-state index contributed by atoms with van der Waals surface area (Å²) in [5, 5.41) is 14.4. The van der Waals surface area contributed by atoms with Crippen molar-refractivity contribution in [1.82, 2.24) is 15.3 Å². The second kappa shape index (κ2) is 6.10. The third-order valence-electron chi connectivity index (χ3n) is 2.52. The van der Waals surface area contributed by atoms with Gasteiger partial charge in [-0.1, -0.05) is 6.92 Å². The maximum Gasteiger partial charge on any atom is 0.355 e. The van der Waals surface area contributed by atoms with Gasteiger partial charge in [-0.25, -0.2) is 14.8 Å². The van der Waals surface area contributed by atoms with Gasteiger partial charge >= 0.3 is 5.97 Å². The average Bonchev–Trinajstić information content (AvgIpc) is 3.02. The van der Waals surface area contributed by atoms with Gasteiger partial charge < -0.3 is 10.4 Å². The molecule has 6 nitrogen and oxygen atoms in total. The van der Waals surface area contributed by atoms with Crippen LogP contribution in [0, 0.1) is 6.92 Å². The van der Waals surface area contributed by atoms with Crippen LogP contribution in [0.4, 0.5) is 0 Å². The first-order chi connectivity index (χ1) is 9.51. The molecule has 0 aromatic carbocycles. The molecule has 0 unspecified atom stereocenters. The van der Waals surface area contributed by atoms with E-state index in [1.165, 1.54) is 28.1 Å². The second-order valence-corrected chi connectivity index (χ2v) is 6.02. The maximum atomic E-state index is 12.0. The summed E-state index contributed by atoms with van der Waals surface area (Å²) in [5.41, 5.74) is 0.719. The normalized spacial score (nSPS) is 10.5. The molecule has 0 aliphatic heterocycles. The molecular formula is C12H13N3O3S2. The van der Waals surface area contributed by atoms with Crippen molar-refractivity contribution in [2.45, 2.75) is 26.8 Å². The quantitative estimate of drug-likeness (QED) is 0.882. The van der Waals surface area contributed by atoms with Crippen LogP contribution in [0.2, 0.25) is 0 Å². The van der Waals surface area contributed by atoms with Crippen molar-refractivity contribution >= 4 is 34.6 Å². The van der Waals surface area contributed by atoms with Gasteiger partial charge in [0.05, 0.1) is 17.2 Å². The highest BCUT2D eigenvalue weighted by atomic mass is 32.1. The number of aromatic nitrogens is 2. The van der Waals surface area contributed by atoms with Gasteiger partial charge in [-0.2, -0.15) is 0 Å². The molecule has 0 bridgehead atoms. The highest BCUT2D eigenvalue weighted by molar-refractivity contribution is 7.13. The summed E-state index contributed by atoms with van der Waals surface area (Å²) in [5.74, 6) is -1.27. The zero-order valence-corrected chi connectivity index (χ0v) is 12.6. The Hall–Kier alpha value is -1.80. The SMILES string of the molecule is CCc1nc(C)c(C(=O)NCc2nc(C(=O)O)cs2)s1. The summed E-state index contributed by atoms with van der Waals surface area (Å²) in [6.45, 7) is 4.01. The van der Waals surface area contributed by atoms with E-state index < -0.39 is 5.97 Å². The van der Waals surface area contributed by atoms with Crippen LogP contribution in [0.5, 0.6) is 0 Å². The minimum atomic E-state index is -1.07. The molecule has 0 aliphatic carbocycles. The van der Waals surface area contributed by atoms with E-state index in [0.717, 1.165) is 17.1 Å². The predicted molar refractivity (Wildman–Crippen MR) is 76.5 cm³/mol. The second-order valence-electron chi connectivity index (χ2n) is 3.99. The van der Waals surface area contributed by atoms with E-state index in [-0.39, 0.29) is 18.1 Å². The molecule has 0 spiro atoms. The topological polar surface area (TPSA) is 92.2 Å². The van der Waals surface area contributed by atoms with Gasteiger partial charge in [0.1, 0.15) is 9.88 Å². The van der Waals surface area contributed by atoms with Crippen LogP contribution in [-0.4, -0.2) is 27.0 Å². The molecular weight excluding hydrogens is 298 g/mol. The summed E-state index contributed by atoms with van der Waals surface area (Å²) in [6, 6.07) is 0. The smallest absolute Gasteiger partial charge is 0.355 e. The van der Waals surface area contributed by atoms with E-state index in [1.54, 1.807) is 6.92 Å². The summed E-state index contributed by atoms with van der Waals surface area (Å²) >= 11 is 2.59. The van der Waals surface area contributed by atoms with Gasteiger partial charge in [0.2, 0.25) is 0 Å². The van der Waals surface area contributed by atoms with Gasteiger partial charge in [0.15, 0.2) is 5.69 Å². The Labute approximate surface area is 123 Å². The lowest BCUT2D eigenvalue weighted by Crippen LogP contribution is -2.22. The highest BCUT2D eigenvalue weighted by Crippen LogP contribution is 2.18. The van der Waals surface area contributed by atoms with Gasteiger partial charge in [0.25, 0.3) is 5.91 Å². The Kier molecular flexibility index (Phi) is 4.46. The van der Waals surface area contributed by atoms with E-state index >= 15 is 0 Å². The standard InChI is InChI=1S/C12H13N3O3S2/c1-3-8-14-6(2)10(20-8)11(16)13-4-9-15-7(5-19-9)12(17)18/h5H,3-4H2,1-2H3,(H,13,16)(H,17,18). The summed E-state index contributed by atoms with van der Waals surface area (Å²) in [7, 11) is 0. The molecule has 2 rings (SSSR count). The Morgan fingerprint density at radius 3 is 2.65 bits per heavy atom. The molecule has 106 valence electrons. The number of nitrogens with one attached hydrogen (secondary N) is 1. The predicted octanol–water partition coefficient (Wildman–Crippen LogP) is 2.10. The molecule has 2 heterocycles. The number of carboxylic acid groups (broad SMARTS) is 1. The molecule has 0 saturated carbocycles. The Bertz CT molecular complexity index is 648. The van der Waals surface area contributed by atoms with Crippen LogP contribution < -0.4 is 5.32 Å². The lowest BCUT2D eigenvalue weighted by molar-refractivity contribution is 0.0691. The zero-order chi connectivity index (χ0) is 14.7. The molecule has 2 aromatic rings. The Morgan fingerprint density at radius 1 is 1.35 bits per heavy atom. The number of carboxylic acids is 1. The van der Waals surface area contributed by atoms with Crippen LogP contribution in [0.15, 0.2) is 5.38 Å². The van der Waals surface area contributed by atoms with E-state index in [2.05, 4.69) is 15.3 Å². The zero-order valence-electron chi connectivity index (χ0n) is 11.0. The van der Waals surface area contributed by atoms with Crippen molar-refractivity contribution in [2.75, 3.05) is 0 Å². The third kappa shape index (κ3) is 3.20. The van der Waals surface area contributed by atoms with Crippen LogP contribution in [-0.2, 0) is 13.0 Å².